The highest BCUT2D eigenvalue weighted by Gasteiger charge is 2.34. The highest BCUT2D eigenvalue weighted by atomic mass is 16.5. The molecule has 2 N–H and O–H groups in total. The maximum Gasteiger partial charge on any atom is 0.232 e. The Hall–Kier alpha value is -0.900. The number of hydrogen-bond donors (Lipinski definition) is 1. The molecule has 0 aliphatic heterocycles. The van der Waals surface area contributed by atoms with Gasteiger partial charge in [-0.2, -0.15) is 4.98 Å². The lowest BCUT2D eigenvalue weighted by Gasteiger charge is -2.29. The van der Waals surface area contributed by atoms with E-state index in [0.717, 1.165) is 24.6 Å². The summed E-state index contributed by atoms with van der Waals surface area (Å²) < 4.78 is 5.39. The standard InChI is InChI=1S/C12H21N3O/c1-9(13)8-10-14-11(16-15-10)12(2)6-4-3-5-7-12/h9H,3-8,13H2,1-2H3. The Kier molecular flexibility index (Phi) is 3.28. The first kappa shape index (κ1) is 11.6. The van der Waals surface area contributed by atoms with Crippen molar-refractivity contribution in [1.29, 1.82) is 0 Å². The first-order valence-electron chi connectivity index (χ1n) is 6.19. The minimum Gasteiger partial charge on any atom is -0.339 e. The Bertz CT molecular complexity index is 340. The van der Waals surface area contributed by atoms with Crippen molar-refractivity contribution >= 4 is 0 Å². The van der Waals surface area contributed by atoms with Crippen LogP contribution < -0.4 is 5.73 Å². The molecule has 90 valence electrons. The normalized spacial score (nSPS) is 21.9. The quantitative estimate of drug-likeness (QED) is 0.853. The summed E-state index contributed by atoms with van der Waals surface area (Å²) in [6.45, 7) is 4.19. The third-order valence-corrected chi connectivity index (χ3v) is 3.45. The number of nitrogens with two attached hydrogens (primary N) is 1. The molecule has 1 saturated carbocycles. The fourth-order valence-corrected chi connectivity index (χ4v) is 2.42. The summed E-state index contributed by atoms with van der Waals surface area (Å²) in [4.78, 5) is 4.49. The van der Waals surface area contributed by atoms with Crippen LogP contribution in [0.4, 0.5) is 0 Å². The van der Waals surface area contributed by atoms with E-state index in [0.29, 0.717) is 6.42 Å². The second-order valence-electron chi connectivity index (χ2n) is 5.32. The first-order valence-corrected chi connectivity index (χ1v) is 6.19. The Morgan fingerprint density at radius 2 is 2.06 bits per heavy atom. The van der Waals surface area contributed by atoms with Crippen molar-refractivity contribution in [2.75, 3.05) is 0 Å². The molecule has 1 aromatic heterocycles. The molecule has 0 aromatic carbocycles. The molecule has 2 rings (SSSR count). The Morgan fingerprint density at radius 3 is 2.69 bits per heavy atom. The van der Waals surface area contributed by atoms with Crippen LogP contribution in [0.3, 0.4) is 0 Å². The van der Waals surface area contributed by atoms with Gasteiger partial charge in [-0.3, -0.25) is 0 Å². The summed E-state index contributed by atoms with van der Waals surface area (Å²) in [6, 6.07) is 0.0876. The van der Waals surface area contributed by atoms with E-state index in [1.165, 1.54) is 19.3 Å². The molecule has 0 amide bonds. The van der Waals surface area contributed by atoms with Gasteiger partial charge in [-0.15, -0.1) is 0 Å². The van der Waals surface area contributed by atoms with Crippen molar-refractivity contribution in [2.45, 2.75) is 63.8 Å². The highest BCUT2D eigenvalue weighted by molar-refractivity contribution is 5.04. The van der Waals surface area contributed by atoms with E-state index in [-0.39, 0.29) is 11.5 Å². The van der Waals surface area contributed by atoms with Crippen molar-refractivity contribution in [3.05, 3.63) is 11.7 Å². The van der Waals surface area contributed by atoms with Gasteiger partial charge in [0.25, 0.3) is 0 Å². The van der Waals surface area contributed by atoms with Crippen LogP contribution >= 0.6 is 0 Å². The molecule has 16 heavy (non-hydrogen) atoms. The van der Waals surface area contributed by atoms with Gasteiger partial charge in [-0.1, -0.05) is 31.3 Å². The smallest absolute Gasteiger partial charge is 0.232 e. The zero-order chi connectivity index (χ0) is 11.6. The largest absolute Gasteiger partial charge is 0.339 e. The molecule has 0 spiro atoms. The third kappa shape index (κ3) is 2.43. The van der Waals surface area contributed by atoms with Gasteiger partial charge in [0, 0.05) is 17.9 Å². The Labute approximate surface area is 96.6 Å². The van der Waals surface area contributed by atoms with E-state index in [1.54, 1.807) is 0 Å². The van der Waals surface area contributed by atoms with E-state index in [1.807, 2.05) is 6.92 Å². The summed E-state index contributed by atoms with van der Waals surface area (Å²) in [5.74, 6) is 1.56. The van der Waals surface area contributed by atoms with Crippen LogP contribution in [0.5, 0.6) is 0 Å². The Morgan fingerprint density at radius 1 is 1.38 bits per heavy atom. The maximum atomic E-state index is 5.72. The Balaban J connectivity index is 2.10. The molecule has 1 heterocycles. The summed E-state index contributed by atoms with van der Waals surface area (Å²) in [6.07, 6.45) is 6.87. The number of hydrogen-bond acceptors (Lipinski definition) is 4. The van der Waals surface area contributed by atoms with Gasteiger partial charge < -0.3 is 10.3 Å². The van der Waals surface area contributed by atoms with Crippen LogP contribution in [0, 0.1) is 0 Å². The molecule has 1 aliphatic carbocycles. The number of rotatable bonds is 3. The van der Waals surface area contributed by atoms with Crippen LogP contribution in [-0.2, 0) is 11.8 Å². The van der Waals surface area contributed by atoms with Crippen molar-refractivity contribution in [3.63, 3.8) is 0 Å². The van der Waals surface area contributed by atoms with Crippen LogP contribution in [0.1, 0.15) is 57.7 Å². The lowest BCUT2D eigenvalue weighted by atomic mass is 9.75. The highest BCUT2D eigenvalue weighted by Crippen LogP contribution is 2.37. The average Bonchev–Trinajstić information content (AvgIpc) is 2.67. The first-order chi connectivity index (χ1) is 7.60. The molecule has 1 atom stereocenters. The second-order valence-corrected chi connectivity index (χ2v) is 5.32. The van der Waals surface area contributed by atoms with Gasteiger partial charge in [0.05, 0.1) is 0 Å². The fourth-order valence-electron chi connectivity index (χ4n) is 2.42. The summed E-state index contributed by atoms with van der Waals surface area (Å²) >= 11 is 0. The van der Waals surface area contributed by atoms with Gasteiger partial charge in [0.1, 0.15) is 0 Å². The number of aromatic nitrogens is 2. The van der Waals surface area contributed by atoms with E-state index < -0.39 is 0 Å². The predicted molar refractivity (Wildman–Crippen MR) is 62.1 cm³/mol. The number of nitrogens with zero attached hydrogens (tertiary/aromatic N) is 2. The van der Waals surface area contributed by atoms with Gasteiger partial charge in [0.2, 0.25) is 5.89 Å². The van der Waals surface area contributed by atoms with Gasteiger partial charge in [0.15, 0.2) is 5.82 Å². The van der Waals surface area contributed by atoms with Crippen LogP contribution in [0.25, 0.3) is 0 Å². The topological polar surface area (TPSA) is 64.9 Å². The molecule has 1 fully saturated rings. The average molecular weight is 223 g/mol. The molecular formula is C12H21N3O. The van der Waals surface area contributed by atoms with E-state index in [4.69, 9.17) is 10.3 Å². The minimum absolute atomic E-state index is 0.0876. The SMILES string of the molecule is CC(N)Cc1noc(C2(C)CCCCC2)n1. The van der Waals surface area contributed by atoms with Crippen molar-refractivity contribution in [3.8, 4) is 0 Å². The molecule has 1 unspecified atom stereocenters. The van der Waals surface area contributed by atoms with E-state index in [9.17, 15) is 0 Å². The summed E-state index contributed by atoms with van der Waals surface area (Å²) in [7, 11) is 0. The maximum absolute atomic E-state index is 5.72. The molecule has 0 bridgehead atoms. The van der Waals surface area contributed by atoms with Gasteiger partial charge in [-0.25, -0.2) is 0 Å². The minimum atomic E-state index is 0.0876. The molecule has 4 nitrogen and oxygen atoms in total. The van der Waals surface area contributed by atoms with Crippen molar-refractivity contribution in [2.24, 2.45) is 5.73 Å². The monoisotopic (exact) mass is 223 g/mol. The predicted octanol–water partition coefficient (Wildman–Crippen LogP) is 2.18. The van der Waals surface area contributed by atoms with Gasteiger partial charge >= 0.3 is 0 Å². The zero-order valence-electron chi connectivity index (χ0n) is 10.2. The molecule has 1 aliphatic rings. The molecule has 4 heteroatoms. The van der Waals surface area contributed by atoms with Crippen molar-refractivity contribution < 1.29 is 4.52 Å². The van der Waals surface area contributed by atoms with Crippen LogP contribution in [0.15, 0.2) is 4.52 Å². The lowest BCUT2D eigenvalue weighted by molar-refractivity contribution is 0.231. The summed E-state index contributed by atoms with van der Waals surface area (Å²) in [5.41, 5.74) is 5.82. The molecule has 1 aromatic rings. The van der Waals surface area contributed by atoms with E-state index >= 15 is 0 Å². The second kappa shape index (κ2) is 4.53. The molecule has 0 saturated heterocycles. The zero-order valence-corrected chi connectivity index (χ0v) is 10.2. The van der Waals surface area contributed by atoms with E-state index in [2.05, 4.69) is 17.1 Å². The molecule has 0 radical (unpaired) electrons. The van der Waals surface area contributed by atoms with Crippen LogP contribution in [-0.4, -0.2) is 16.2 Å². The fraction of sp³-hybridized carbons (Fsp3) is 0.833. The lowest BCUT2D eigenvalue weighted by Crippen LogP contribution is -2.25. The van der Waals surface area contributed by atoms with Crippen LogP contribution in [0.2, 0.25) is 0 Å². The third-order valence-electron chi connectivity index (χ3n) is 3.45. The van der Waals surface area contributed by atoms with Gasteiger partial charge in [-0.05, 0) is 19.8 Å². The molecular weight excluding hydrogens is 202 g/mol. The van der Waals surface area contributed by atoms with Crippen molar-refractivity contribution in [1.82, 2.24) is 10.1 Å². The summed E-state index contributed by atoms with van der Waals surface area (Å²) in [5, 5.41) is 4.01.